The molecule has 4 heterocycles. The van der Waals surface area contributed by atoms with Gasteiger partial charge >= 0.3 is 6.09 Å². The molecule has 2 aromatic carbocycles. The van der Waals surface area contributed by atoms with Crippen molar-refractivity contribution in [3.63, 3.8) is 0 Å². The van der Waals surface area contributed by atoms with Crippen LogP contribution in [-0.2, 0) is 27.7 Å². The highest BCUT2D eigenvalue weighted by Crippen LogP contribution is 2.31. The summed E-state index contributed by atoms with van der Waals surface area (Å²) in [5.74, 6) is -2.12. The maximum atomic E-state index is 13.9. The second-order valence-corrected chi connectivity index (χ2v) is 16.5. The largest absolute Gasteiger partial charge is 0.444 e. The molecule has 3 aliphatic rings. The van der Waals surface area contributed by atoms with Gasteiger partial charge in [0.2, 0.25) is 10.0 Å². The number of ether oxygens (including phenoxy) is 1. The highest BCUT2D eigenvalue weighted by atomic mass is 32.2. The van der Waals surface area contributed by atoms with Crippen molar-refractivity contribution in [2.45, 2.75) is 57.1 Å². The zero-order valence-corrected chi connectivity index (χ0v) is 30.3. The van der Waals surface area contributed by atoms with Gasteiger partial charge in [-0.1, -0.05) is 0 Å². The first-order valence-corrected chi connectivity index (χ1v) is 18.7. The summed E-state index contributed by atoms with van der Waals surface area (Å²) in [7, 11) is -2.15. The molecule has 16 heteroatoms. The summed E-state index contributed by atoms with van der Waals surface area (Å²) in [6.45, 7) is 10.7. The molecule has 2 amide bonds. The lowest BCUT2D eigenvalue weighted by Crippen LogP contribution is -2.44. The van der Waals surface area contributed by atoms with Crippen LogP contribution >= 0.6 is 0 Å². The number of H-pyrrole nitrogens is 1. The van der Waals surface area contributed by atoms with Gasteiger partial charge in [-0.05, 0) is 76.9 Å². The van der Waals surface area contributed by atoms with Crippen molar-refractivity contribution in [3.8, 4) is 0 Å². The van der Waals surface area contributed by atoms with Crippen molar-refractivity contribution in [1.29, 1.82) is 0 Å². The van der Waals surface area contributed by atoms with Crippen LogP contribution in [0, 0.1) is 17.6 Å². The van der Waals surface area contributed by atoms with Crippen molar-refractivity contribution in [1.82, 2.24) is 24.3 Å². The summed E-state index contributed by atoms with van der Waals surface area (Å²) in [5.41, 5.74) is 2.53. The molecule has 13 nitrogen and oxygen atoms in total. The zero-order valence-electron chi connectivity index (χ0n) is 29.5. The number of carbonyl (C=O) groups excluding carboxylic acids is 2. The molecule has 1 unspecified atom stereocenters. The van der Waals surface area contributed by atoms with Gasteiger partial charge in [0.05, 0.1) is 10.5 Å². The molecule has 3 N–H and O–H groups in total. The van der Waals surface area contributed by atoms with Crippen LogP contribution in [0.1, 0.15) is 55.2 Å². The van der Waals surface area contributed by atoms with Crippen LogP contribution in [0.3, 0.4) is 0 Å². The minimum absolute atomic E-state index is 0.0669. The summed E-state index contributed by atoms with van der Waals surface area (Å²) in [6, 6.07) is 7.85. The normalized spacial score (nSPS) is 19.1. The molecule has 3 aliphatic heterocycles. The number of carbonyl (C=O) groups is 2. The van der Waals surface area contributed by atoms with E-state index in [1.807, 2.05) is 32.9 Å². The summed E-state index contributed by atoms with van der Waals surface area (Å²) in [5, 5.41) is 13.6. The van der Waals surface area contributed by atoms with Crippen LogP contribution < -0.4 is 15.5 Å². The molecule has 0 bridgehead atoms. The molecule has 0 spiro atoms. The van der Waals surface area contributed by atoms with Gasteiger partial charge in [-0.3, -0.25) is 9.89 Å². The molecular weight excluding hydrogens is 682 g/mol. The van der Waals surface area contributed by atoms with E-state index in [0.717, 1.165) is 61.1 Å². The number of sulfonamides is 1. The Morgan fingerprint density at radius 2 is 1.75 bits per heavy atom. The molecule has 1 aromatic heterocycles. The first-order valence-electron chi connectivity index (χ1n) is 17.3. The number of piperidine rings is 1. The standard InChI is InChI=1S/C35H46F2N8O5S/c1-35(2,3)50-34(47)44-10-5-6-23(21-44)20-38-31-19-26(43-14-12-42(4)13-15-43)7-8-28(31)33(46)39-32-29-22-45(11-9-30(29)40-41-32)51(48,49)27-17-24(36)16-25(37)18-27/h7-8,16-19,23,38H,5-6,9-15,20-22H2,1-4H3,(H2,39,40,41,46). The number of nitrogens with zero attached hydrogens (tertiary/aromatic N) is 5. The van der Waals surface area contributed by atoms with Crippen LogP contribution in [-0.4, -0.2) is 110 Å². The molecule has 2 saturated heterocycles. The Hall–Kier alpha value is -4.28. The second-order valence-electron chi connectivity index (χ2n) is 14.5. The van der Waals surface area contributed by atoms with Gasteiger partial charge in [-0.25, -0.2) is 22.0 Å². The van der Waals surface area contributed by atoms with Gasteiger partial charge in [-0.15, -0.1) is 0 Å². The summed E-state index contributed by atoms with van der Waals surface area (Å²) >= 11 is 0. The number of benzene rings is 2. The van der Waals surface area contributed by atoms with Crippen molar-refractivity contribution in [2.75, 3.05) is 74.9 Å². The fourth-order valence-electron chi connectivity index (χ4n) is 6.70. The predicted molar refractivity (Wildman–Crippen MR) is 189 cm³/mol. The highest BCUT2D eigenvalue weighted by Gasteiger charge is 2.33. The van der Waals surface area contributed by atoms with Crippen LogP contribution in [0.15, 0.2) is 41.3 Å². The third kappa shape index (κ3) is 8.61. The first kappa shape index (κ1) is 36.5. The molecule has 6 rings (SSSR count). The predicted octanol–water partition coefficient (Wildman–Crippen LogP) is 4.50. The Morgan fingerprint density at radius 3 is 2.45 bits per heavy atom. The quantitative estimate of drug-likeness (QED) is 0.306. The Morgan fingerprint density at radius 1 is 1.02 bits per heavy atom. The molecule has 0 aliphatic carbocycles. The second kappa shape index (κ2) is 14.8. The summed E-state index contributed by atoms with van der Waals surface area (Å²) < 4.78 is 61.3. The first-order chi connectivity index (χ1) is 24.2. The monoisotopic (exact) mass is 728 g/mol. The number of piperazine rings is 1. The lowest BCUT2D eigenvalue weighted by Gasteiger charge is -2.35. The van der Waals surface area contributed by atoms with Gasteiger partial charge in [0.1, 0.15) is 17.2 Å². The van der Waals surface area contributed by atoms with Gasteiger partial charge < -0.3 is 30.1 Å². The number of fused-ring (bicyclic) bond motifs is 1. The topological polar surface area (TPSA) is 143 Å². The van der Waals surface area contributed by atoms with E-state index in [-0.39, 0.29) is 37.3 Å². The Labute approximate surface area is 297 Å². The molecule has 0 radical (unpaired) electrons. The Balaban J connectivity index is 1.20. The average molecular weight is 729 g/mol. The lowest BCUT2D eigenvalue weighted by atomic mass is 9.98. The number of nitrogens with one attached hydrogen (secondary N) is 3. The van der Waals surface area contributed by atoms with E-state index in [4.69, 9.17) is 4.74 Å². The molecule has 2 fully saturated rings. The van der Waals surface area contributed by atoms with Crippen LogP contribution in [0.25, 0.3) is 0 Å². The number of likely N-dealkylation sites (N-methyl/N-ethyl adjacent to an activating group) is 1. The molecular formula is C35H46F2N8O5S. The smallest absolute Gasteiger partial charge is 0.410 e. The number of aromatic amines is 1. The number of halogens is 2. The third-order valence-electron chi connectivity index (χ3n) is 9.47. The van der Waals surface area contributed by atoms with Crippen LogP contribution in [0.2, 0.25) is 0 Å². The number of likely N-dealkylation sites (tertiary alicyclic amines) is 1. The maximum Gasteiger partial charge on any atom is 0.410 e. The molecule has 51 heavy (non-hydrogen) atoms. The number of anilines is 3. The third-order valence-corrected chi connectivity index (χ3v) is 11.3. The van der Waals surface area contributed by atoms with E-state index in [9.17, 15) is 26.8 Å². The van der Waals surface area contributed by atoms with E-state index in [1.165, 1.54) is 0 Å². The van der Waals surface area contributed by atoms with E-state index in [1.54, 1.807) is 11.0 Å². The minimum atomic E-state index is -4.24. The number of aromatic nitrogens is 2. The number of amides is 2. The average Bonchev–Trinajstić information content (AvgIpc) is 3.48. The molecule has 0 saturated carbocycles. The van der Waals surface area contributed by atoms with Crippen molar-refractivity contribution in [3.05, 3.63) is 64.9 Å². The Bertz CT molecular complexity index is 1850. The van der Waals surface area contributed by atoms with Gasteiger partial charge in [-0.2, -0.15) is 9.40 Å². The fraction of sp³-hybridized carbons (Fsp3) is 0.514. The summed E-state index contributed by atoms with van der Waals surface area (Å²) in [4.78, 5) is 32.5. The number of hydrogen-bond donors (Lipinski definition) is 3. The van der Waals surface area contributed by atoms with Crippen LogP contribution in [0.5, 0.6) is 0 Å². The van der Waals surface area contributed by atoms with E-state index in [0.29, 0.717) is 48.2 Å². The molecule has 3 aromatic rings. The van der Waals surface area contributed by atoms with Crippen molar-refractivity contribution >= 4 is 39.2 Å². The molecule has 276 valence electrons. The van der Waals surface area contributed by atoms with Crippen LogP contribution in [0.4, 0.5) is 30.8 Å². The van der Waals surface area contributed by atoms with Gasteiger partial charge in [0, 0.05) is 94.0 Å². The molecule has 1 atom stereocenters. The van der Waals surface area contributed by atoms with Crippen molar-refractivity contribution < 1.29 is 31.5 Å². The zero-order chi connectivity index (χ0) is 36.5. The van der Waals surface area contributed by atoms with E-state index in [2.05, 4.69) is 37.7 Å². The highest BCUT2D eigenvalue weighted by molar-refractivity contribution is 7.89. The Kier molecular flexibility index (Phi) is 10.6. The SMILES string of the molecule is CN1CCN(c2ccc(C(=O)Nc3n[nH]c4c3CN(S(=O)(=O)c3cc(F)cc(F)c3)CC4)c(NCC3CCCN(C(=O)OC(C)(C)C)C3)c2)CC1. The van der Waals surface area contributed by atoms with Crippen molar-refractivity contribution in [2.24, 2.45) is 5.92 Å². The van der Waals surface area contributed by atoms with Gasteiger partial charge in [0.15, 0.2) is 5.82 Å². The maximum absolute atomic E-state index is 13.9. The number of hydrogen-bond acceptors (Lipinski definition) is 9. The van der Waals surface area contributed by atoms with Gasteiger partial charge in [0.25, 0.3) is 5.91 Å². The van der Waals surface area contributed by atoms with E-state index < -0.39 is 38.1 Å². The minimum Gasteiger partial charge on any atom is -0.444 e. The summed E-state index contributed by atoms with van der Waals surface area (Å²) in [6.07, 6.45) is 1.68. The van der Waals surface area contributed by atoms with E-state index >= 15 is 0 Å². The lowest BCUT2D eigenvalue weighted by molar-refractivity contribution is 0.0172. The fourth-order valence-corrected chi connectivity index (χ4v) is 8.15. The number of rotatable bonds is 8.